The number of carbonyl (C=O) groups is 2. The van der Waals surface area contributed by atoms with Gasteiger partial charge in [0.15, 0.2) is 0 Å². The molecule has 0 aromatic heterocycles. The van der Waals surface area contributed by atoms with Gasteiger partial charge in [-0.3, -0.25) is 0 Å². The fourth-order valence-corrected chi connectivity index (χ4v) is 1.18. The van der Waals surface area contributed by atoms with Crippen LogP contribution in [-0.2, 0) is 14.3 Å². The minimum atomic E-state index is -0.719. The lowest BCUT2D eigenvalue weighted by Gasteiger charge is -2.15. The van der Waals surface area contributed by atoms with Crippen molar-refractivity contribution in [2.75, 3.05) is 13.2 Å². The number of alkyl carbamates (subject to hydrolysis) is 1. The van der Waals surface area contributed by atoms with Crippen LogP contribution < -0.4 is 5.32 Å². The monoisotopic (exact) mass is 257 g/mol. The highest BCUT2D eigenvalue weighted by Gasteiger charge is 2.21. The van der Waals surface area contributed by atoms with Gasteiger partial charge in [0.2, 0.25) is 0 Å². The van der Waals surface area contributed by atoms with Gasteiger partial charge >= 0.3 is 12.1 Å². The molecule has 0 fully saturated rings. The van der Waals surface area contributed by atoms with Gasteiger partial charge in [0.05, 0.1) is 13.2 Å². The summed E-state index contributed by atoms with van der Waals surface area (Å²) < 4.78 is 9.90. The maximum atomic E-state index is 11.6. The average molecular weight is 257 g/mol. The molecule has 1 atom stereocenters. The fraction of sp³-hybridized carbons (Fsp3) is 0.692. The number of unbranched alkanes of at least 4 members (excludes halogenated alkanes) is 1. The minimum Gasteiger partial charge on any atom is -0.464 e. The molecule has 104 valence electrons. The number of nitrogens with one attached hydrogen (secondary N) is 1. The first kappa shape index (κ1) is 16.5. The molecule has 0 heterocycles. The molecular weight excluding hydrogens is 234 g/mol. The Kier molecular flexibility index (Phi) is 9.73. The fourth-order valence-electron chi connectivity index (χ4n) is 1.18. The van der Waals surface area contributed by atoms with Crippen molar-refractivity contribution in [3.8, 4) is 0 Å². The summed E-state index contributed by atoms with van der Waals surface area (Å²) >= 11 is 0. The van der Waals surface area contributed by atoms with E-state index in [-0.39, 0.29) is 0 Å². The number of rotatable bonds is 9. The molecule has 5 heteroatoms. The highest BCUT2D eigenvalue weighted by molar-refractivity contribution is 5.81. The Morgan fingerprint density at radius 1 is 1.22 bits per heavy atom. The van der Waals surface area contributed by atoms with E-state index in [1.807, 2.05) is 13.8 Å². The third-order valence-corrected chi connectivity index (χ3v) is 2.16. The van der Waals surface area contributed by atoms with Crippen molar-refractivity contribution in [1.82, 2.24) is 5.32 Å². The molecule has 0 rings (SSSR count). The molecule has 0 radical (unpaired) electrons. The van der Waals surface area contributed by atoms with E-state index in [1.165, 1.54) is 0 Å². The molecule has 0 aromatic carbocycles. The molecule has 0 aromatic rings. The first-order valence-corrected chi connectivity index (χ1v) is 6.36. The molecule has 0 aliphatic heterocycles. The van der Waals surface area contributed by atoms with Crippen molar-refractivity contribution in [3.63, 3.8) is 0 Å². The zero-order chi connectivity index (χ0) is 13.8. The highest BCUT2D eigenvalue weighted by atomic mass is 16.6. The summed E-state index contributed by atoms with van der Waals surface area (Å²) in [5.74, 6) is -0.454. The van der Waals surface area contributed by atoms with Crippen LogP contribution in [0, 0.1) is 0 Å². The number of hydrogen-bond acceptors (Lipinski definition) is 4. The predicted molar refractivity (Wildman–Crippen MR) is 69.2 cm³/mol. The summed E-state index contributed by atoms with van der Waals surface area (Å²) in [6, 6.07) is -0.719. The van der Waals surface area contributed by atoms with Gasteiger partial charge < -0.3 is 14.8 Å². The SMILES string of the molecule is C=CCC(NC(=O)OCCCC)C(=O)OCCC. The summed E-state index contributed by atoms with van der Waals surface area (Å²) in [5.41, 5.74) is 0. The Morgan fingerprint density at radius 2 is 1.94 bits per heavy atom. The van der Waals surface area contributed by atoms with Crippen LogP contribution in [0.25, 0.3) is 0 Å². The quantitative estimate of drug-likeness (QED) is 0.391. The summed E-state index contributed by atoms with van der Waals surface area (Å²) in [6.45, 7) is 8.16. The van der Waals surface area contributed by atoms with Crippen LogP contribution in [0.4, 0.5) is 4.79 Å². The van der Waals surface area contributed by atoms with Crippen LogP contribution in [0.5, 0.6) is 0 Å². The van der Waals surface area contributed by atoms with Gasteiger partial charge in [0.25, 0.3) is 0 Å². The van der Waals surface area contributed by atoms with E-state index in [0.29, 0.717) is 19.6 Å². The van der Waals surface area contributed by atoms with Crippen molar-refractivity contribution in [2.45, 2.75) is 45.6 Å². The Hall–Kier alpha value is -1.52. The van der Waals surface area contributed by atoms with Crippen LogP contribution >= 0.6 is 0 Å². The smallest absolute Gasteiger partial charge is 0.407 e. The maximum absolute atomic E-state index is 11.6. The third kappa shape index (κ3) is 7.70. The standard InChI is InChI=1S/C13H23NO4/c1-4-7-10-18-13(16)14-11(8-5-2)12(15)17-9-6-3/h5,11H,2,4,6-10H2,1,3H3,(H,14,16). The van der Waals surface area contributed by atoms with Gasteiger partial charge in [-0.1, -0.05) is 26.3 Å². The van der Waals surface area contributed by atoms with Gasteiger partial charge in [-0.2, -0.15) is 0 Å². The van der Waals surface area contributed by atoms with E-state index < -0.39 is 18.1 Å². The van der Waals surface area contributed by atoms with E-state index >= 15 is 0 Å². The summed E-state index contributed by atoms with van der Waals surface area (Å²) in [5, 5.41) is 2.48. The maximum Gasteiger partial charge on any atom is 0.407 e. The molecule has 5 nitrogen and oxygen atoms in total. The number of esters is 1. The molecular formula is C13H23NO4. The van der Waals surface area contributed by atoms with Crippen LogP contribution in [0.15, 0.2) is 12.7 Å². The van der Waals surface area contributed by atoms with Crippen molar-refractivity contribution in [1.29, 1.82) is 0 Å². The van der Waals surface area contributed by atoms with Gasteiger partial charge in [0.1, 0.15) is 6.04 Å². The molecule has 0 aliphatic carbocycles. The lowest BCUT2D eigenvalue weighted by molar-refractivity contribution is -0.146. The highest BCUT2D eigenvalue weighted by Crippen LogP contribution is 1.99. The lowest BCUT2D eigenvalue weighted by atomic mass is 10.2. The van der Waals surface area contributed by atoms with Crippen LogP contribution in [0.3, 0.4) is 0 Å². The van der Waals surface area contributed by atoms with Gasteiger partial charge in [-0.05, 0) is 19.3 Å². The van der Waals surface area contributed by atoms with E-state index in [9.17, 15) is 9.59 Å². The molecule has 1 unspecified atom stereocenters. The lowest BCUT2D eigenvalue weighted by Crippen LogP contribution is -2.42. The van der Waals surface area contributed by atoms with Crippen molar-refractivity contribution >= 4 is 12.1 Å². The molecule has 0 aliphatic rings. The predicted octanol–water partition coefficient (Wildman–Crippen LogP) is 2.41. The van der Waals surface area contributed by atoms with E-state index in [1.54, 1.807) is 6.08 Å². The molecule has 0 saturated carbocycles. The van der Waals surface area contributed by atoms with Crippen molar-refractivity contribution < 1.29 is 19.1 Å². The Balaban J connectivity index is 4.12. The van der Waals surface area contributed by atoms with E-state index in [2.05, 4.69) is 11.9 Å². The summed E-state index contributed by atoms with van der Waals surface area (Å²) in [6.07, 6.45) is 3.79. The third-order valence-electron chi connectivity index (χ3n) is 2.16. The molecule has 18 heavy (non-hydrogen) atoms. The van der Waals surface area contributed by atoms with Gasteiger partial charge in [-0.15, -0.1) is 6.58 Å². The average Bonchev–Trinajstić information content (AvgIpc) is 2.35. The first-order chi connectivity index (χ1) is 8.65. The second-order valence-corrected chi connectivity index (χ2v) is 3.88. The molecule has 0 spiro atoms. The van der Waals surface area contributed by atoms with E-state index in [4.69, 9.17) is 9.47 Å². The second kappa shape index (κ2) is 10.6. The second-order valence-electron chi connectivity index (χ2n) is 3.88. The normalized spacial score (nSPS) is 11.4. The van der Waals surface area contributed by atoms with Gasteiger partial charge in [-0.25, -0.2) is 9.59 Å². The summed E-state index contributed by atoms with van der Waals surface area (Å²) in [4.78, 5) is 23.0. The van der Waals surface area contributed by atoms with E-state index in [0.717, 1.165) is 19.3 Å². The minimum absolute atomic E-state index is 0.325. The van der Waals surface area contributed by atoms with Crippen LogP contribution in [0.1, 0.15) is 39.5 Å². The van der Waals surface area contributed by atoms with Crippen molar-refractivity contribution in [2.24, 2.45) is 0 Å². The number of ether oxygens (including phenoxy) is 2. The first-order valence-electron chi connectivity index (χ1n) is 6.36. The van der Waals surface area contributed by atoms with Crippen LogP contribution in [0.2, 0.25) is 0 Å². The molecule has 1 N–H and O–H groups in total. The Labute approximate surface area is 109 Å². The topological polar surface area (TPSA) is 64.6 Å². The zero-order valence-electron chi connectivity index (χ0n) is 11.2. The molecule has 0 saturated heterocycles. The molecule has 1 amide bonds. The number of amides is 1. The zero-order valence-corrected chi connectivity index (χ0v) is 11.2. The van der Waals surface area contributed by atoms with Crippen LogP contribution in [-0.4, -0.2) is 31.3 Å². The van der Waals surface area contributed by atoms with Crippen molar-refractivity contribution in [3.05, 3.63) is 12.7 Å². The number of hydrogen-bond donors (Lipinski definition) is 1. The largest absolute Gasteiger partial charge is 0.464 e. The Morgan fingerprint density at radius 3 is 2.50 bits per heavy atom. The Bertz CT molecular complexity index is 266. The molecule has 0 bridgehead atoms. The number of carbonyl (C=O) groups excluding carboxylic acids is 2. The van der Waals surface area contributed by atoms with Gasteiger partial charge in [0, 0.05) is 0 Å². The summed E-state index contributed by atoms with van der Waals surface area (Å²) in [7, 11) is 0.